The van der Waals surface area contributed by atoms with Crippen molar-refractivity contribution >= 4 is 11.7 Å². The molecular weight excluding hydrogens is 326 g/mol. The average molecular weight is 343 g/mol. The van der Waals surface area contributed by atoms with E-state index in [0.717, 1.165) is 0 Å². The number of carboxylic acids is 1. The van der Waals surface area contributed by atoms with Crippen LogP contribution in [-0.2, 0) is 20.1 Å². The molecule has 0 unspecified atom stereocenters. The molecule has 0 atom stereocenters. The summed E-state index contributed by atoms with van der Waals surface area (Å²) < 4.78 is 11.6. The van der Waals surface area contributed by atoms with Crippen LogP contribution in [0.5, 0.6) is 0 Å². The molecule has 25 heavy (non-hydrogen) atoms. The van der Waals surface area contributed by atoms with Crippen LogP contribution < -0.4 is 0 Å². The molecule has 0 aromatic heterocycles. The first kappa shape index (κ1) is 17.1. The first-order valence-corrected chi connectivity index (χ1v) is 7.86. The van der Waals surface area contributed by atoms with Crippen molar-refractivity contribution < 1.29 is 24.3 Å². The maximum atomic E-state index is 11.4. The first-order valence-electron chi connectivity index (χ1n) is 7.86. The zero-order valence-electron chi connectivity index (χ0n) is 13.4. The summed E-state index contributed by atoms with van der Waals surface area (Å²) in [6.07, 6.45) is -0.00874. The summed E-state index contributed by atoms with van der Waals surface area (Å²) in [6.45, 7) is 0.676. The van der Waals surface area contributed by atoms with Crippen molar-refractivity contribution in [1.29, 1.82) is 0 Å². The summed E-state index contributed by atoms with van der Waals surface area (Å²) in [7, 11) is 0. The van der Waals surface area contributed by atoms with Gasteiger partial charge in [0.05, 0.1) is 30.1 Å². The quantitative estimate of drug-likeness (QED) is 0.638. The minimum atomic E-state index is -1.21. The second-order valence-electron chi connectivity index (χ2n) is 5.66. The number of nitro benzene ring substituents is 1. The molecule has 130 valence electrons. The van der Waals surface area contributed by atoms with E-state index >= 15 is 0 Å². The van der Waals surface area contributed by atoms with E-state index in [9.17, 15) is 14.9 Å². The van der Waals surface area contributed by atoms with Crippen molar-refractivity contribution in [2.75, 3.05) is 13.2 Å². The van der Waals surface area contributed by atoms with Crippen molar-refractivity contribution in [2.24, 2.45) is 0 Å². The molecule has 1 heterocycles. The molecule has 1 saturated heterocycles. The standard InChI is InChI=1S/C18H17NO6/c20-17(21)9-10-18(24-11-12-25-18)15-7-3-1-5-13(15)14-6-2-4-8-16(14)19(22)23/h1-8H,9-12H2,(H,20,21). The second-order valence-corrected chi connectivity index (χ2v) is 5.66. The Bertz CT molecular complexity index is 798. The number of hydrogen-bond donors (Lipinski definition) is 1. The molecule has 0 radical (unpaired) electrons. The van der Waals surface area contributed by atoms with Gasteiger partial charge in [0, 0.05) is 18.1 Å². The smallest absolute Gasteiger partial charge is 0.303 e. The van der Waals surface area contributed by atoms with Gasteiger partial charge in [-0.2, -0.15) is 0 Å². The number of hydrogen-bond acceptors (Lipinski definition) is 5. The lowest BCUT2D eigenvalue weighted by atomic mass is 9.91. The molecule has 1 aliphatic heterocycles. The number of benzene rings is 2. The van der Waals surface area contributed by atoms with Crippen LogP contribution in [0.4, 0.5) is 5.69 Å². The van der Waals surface area contributed by atoms with Crippen LogP contribution in [0.25, 0.3) is 11.1 Å². The third kappa shape index (κ3) is 3.38. The number of ether oxygens (including phenoxy) is 2. The fourth-order valence-electron chi connectivity index (χ4n) is 3.07. The van der Waals surface area contributed by atoms with Crippen LogP contribution in [0.1, 0.15) is 18.4 Å². The van der Waals surface area contributed by atoms with Gasteiger partial charge in [-0.3, -0.25) is 14.9 Å². The number of aliphatic carboxylic acids is 1. The first-order chi connectivity index (χ1) is 12.0. The van der Waals surface area contributed by atoms with Crippen LogP contribution in [0.2, 0.25) is 0 Å². The van der Waals surface area contributed by atoms with Crippen LogP contribution in [0.3, 0.4) is 0 Å². The zero-order chi connectivity index (χ0) is 17.9. The predicted octanol–water partition coefficient (Wildman–Crippen LogP) is 3.33. The Kier molecular flexibility index (Phi) is 4.78. The molecule has 7 nitrogen and oxygen atoms in total. The molecule has 0 bridgehead atoms. The lowest BCUT2D eigenvalue weighted by Crippen LogP contribution is -2.29. The molecule has 7 heteroatoms. The third-order valence-corrected chi connectivity index (χ3v) is 4.15. The highest BCUT2D eigenvalue weighted by atomic mass is 16.7. The monoisotopic (exact) mass is 343 g/mol. The molecule has 3 rings (SSSR count). The summed E-state index contributed by atoms with van der Waals surface area (Å²) in [4.78, 5) is 22.0. The van der Waals surface area contributed by atoms with Gasteiger partial charge in [-0.1, -0.05) is 36.4 Å². The fraction of sp³-hybridized carbons (Fsp3) is 0.278. The number of nitrogens with zero attached hydrogens (tertiary/aromatic N) is 1. The summed E-state index contributed by atoms with van der Waals surface area (Å²) >= 11 is 0. The summed E-state index contributed by atoms with van der Waals surface area (Å²) in [5, 5.41) is 20.4. The minimum absolute atomic E-state index is 0.0265. The zero-order valence-corrected chi connectivity index (χ0v) is 13.4. The van der Waals surface area contributed by atoms with E-state index < -0.39 is 16.7 Å². The maximum absolute atomic E-state index is 11.4. The number of carbonyl (C=O) groups is 1. The summed E-state index contributed by atoms with van der Waals surface area (Å²) in [5.74, 6) is -2.17. The molecule has 0 amide bonds. The second kappa shape index (κ2) is 7.00. The van der Waals surface area contributed by atoms with Gasteiger partial charge in [0.25, 0.3) is 5.69 Å². The minimum Gasteiger partial charge on any atom is -0.481 e. The van der Waals surface area contributed by atoms with Gasteiger partial charge in [0.15, 0.2) is 5.79 Å². The maximum Gasteiger partial charge on any atom is 0.303 e. The highest BCUT2D eigenvalue weighted by Gasteiger charge is 2.41. The van der Waals surface area contributed by atoms with Crippen LogP contribution in [-0.4, -0.2) is 29.2 Å². The highest BCUT2D eigenvalue weighted by molar-refractivity contribution is 5.76. The SMILES string of the molecule is O=C(O)CCC1(c2ccccc2-c2ccccc2[N+](=O)[O-])OCCO1. The Morgan fingerprint density at radius 3 is 2.32 bits per heavy atom. The topological polar surface area (TPSA) is 98.9 Å². The van der Waals surface area contributed by atoms with Gasteiger partial charge >= 0.3 is 5.97 Å². The average Bonchev–Trinajstić information content (AvgIpc) is 3.10. The van der Waals surface area contributed by atoms with E-state index in [0.29, 0.717) is 29.9 Å². The molecule has 2 aromatic carbocycles. The molecule has 0 spiro atoms. The number of rotatable bonds is 6. The molecule has 1 aliphatic rings. The predicted molar refractivity (Wildman–Crippen MR) is 89.0 cm³/mol. The Balaban J connectivity index is 2.12. The van der Waals surface area contributed by atoms with E-state index in [1.54, 1.807) is 42.5 Å². The van der Waals surface area contributed by atoms with E-state index in [2.05, 4.69) is 0 Å². The summed E-state index contributed by atoms with van der Waals surface area (Å²) in [5.41, 5.74) is 1.61. The van der Waals surface area contributed by atoms with E-state index in [1.165, 1.54) is 6.07 Å². The third-order valence-electron chi connectivity index (χ3n) is 4.15. The van der Waals surface area contributed by atoms with Gasteiger partial charge in [-0.15, -0.1) is 0 Å². The molecular formula is C18H17NO6. The van der Waals surface area contributed by atoms with Crippen LogP contribution in [0.15, 0.2) is 48.5 Å². The van der Waals surface area contributed by atoms with Crippen LogP contribution in [0, 0.1) is 10.1 Å². The molecule has 1 fully saturated rings. The van der Waals surface area contributed by atoms with Crippen molar-refractivity contribution in [3.05, 3.63) is 64.2 Å². The Hall–Kier alpha value is -2.77. The highest BCUT2D eigenvalue weighted by Crippen LogP contribution is 2.43. The van der Waals surface area contributed by atoms with E-state index in [4.69, 9.17) is 14.6 Å². The van der Waals surface area contributed by atoms with Crippen molar-refractivity contribution in [3.63, 3.8) is 0 Å². The number of para-hydroxylation sites is 1. The lowest BCUT2D eigenvalue weighted by molar-refractivity contribution is -0.384. The molecule has 2 aromatic rings. The van der Waals surface area contributed by atoms with Crippen molar-refractivity contribution in [2.45, 2.75) is 18.6 Å². The normalized spacial score (nSPS) is 15.8. The lowest BCUT2D eigenvalue weighted by Gasteiger charge is -2.29. The largest absolute Gasteiger partial charge is 0.481 e. The number of nitro groups is 1. The number of carboxylic acid groups (broad SMARTS) is 1. The molecule has 0 saturated carbocycles. The fourth-order valence-corrected chi connectivity index (χ4v) is 3.07. The van der Waals surface area contributed by atoms with E-state index in [-0.39, 0.29) is 18.5 Å². The Morgan fingerprint density at radius 2 is 1.68 bits per heavy atom. The summed E-state index contributed by atoms with van der Waals surface area (Å²) in [6, 6.07) is 13.5. The Labute approximate surface area is 144 Å². The van der Waals surface area contributed by atoms with Gasteiger partial charge in [-0.05, 0) is 11.6 Å². The van der Waals surface area contributed by atoms with Gasteiger partial charge in [0.1, 0.15) is 0 Å². The van der Waals surface area contributed by atoms with Gasteiger partial charge in [0.2, 0.25) is 0 Å². The van der Waals surface area contributed by atoms with Gasteiger partial charge < -0.3 is 14.6 Å². The van der Waals surface area contributed by atoms with Crippen LogP contribution >= 0.6 is 0 Å². The van der Waals surface area contributed by atoms with E-state index in [1.807, 2.05) is 0 Å². The van der Waals surface area contributed by atoms with Crippen molar-refractivity contribution in [1.82, 2.24) is 0 Å². The van der Waals surface area contributed by atoms with Gasteiger partial charge in [-0.25, -0.2) is 0 Å². The molecule has 0 aliphatic carbocycles. The molecule has 1 N–H and O–H groups in total. The Morgan fingerprint density at radius 1 is 1.08 bits per heavy atom. The van der Waals surface area contributed by atoms with Crippen molar-refractivity contribution in [3.8, 4) is 11.1 Å².